The van der Waals surface area contributed by atoms with Gasteiger partial charge in [-0.2, -0.15) is 0 Å². The Morgan fingerprint density at radius 3 is 2.67 bits per heavy atom. The molecule has 0 aromatic heterocycles. The summed E-state index contributed by atoms with van der Waals surface area (Å²) in [4.78, 5) is 10.3. The number of nitrogens with one attached hydrogen (secondary N) is 1. The summed E-state index contributed by atoms with van der Waals surface area (Å²) in [5.74, 6) is -0.963. The predicted octanol–water partition coefficient (Wildman–Crippen LogP) is 0.593. The van der Waals surface area contributed by atoms with Crippen LogP contribution >= 0.6 is 0 Å². The van der Waals surface area contributed by atoms with Crippen molar-refractivity contribution in [3.8, 4) is 0 Å². The lowest BCUT2D eigenvalue weighted by Crippen LogP contribution is -2.30. The van der Waals surface area contributed by atoms with Crippen LogP contribution in [0.5, 0.6) is 0 Å². The summed E-state index contributed by atoms with van der Waals surface area (Å²) in [7, 11) is -3.28. The van der Waals surface area contributed by atoms with Crippen molar-refractivity contribution in [2.24, 2.45) is 5.92 Å². The van der Waals surface area contributed by atoms with Gasteiger partial charge in [0.1, 0.15) is 0 Å². The van der Waals surface area contributed by atoms with Gasteiger partial charge in [-0.25, -0.2) is 13.1 Å². The van der Waals surface area contributed by atoms with Gasteiger partial charge in [-0.1, -0.05) is 13.0 Å². The van der Waals surface area contributed by atoms with E-state index < -0.39 is 16.0 Å². The zero-order valence-electron chi connectivity index (χ0n) is 8.77. The average Bonchev–Trinajstić information content (AvgIpc) is 2.11. The van der Waals surface area contributed by atoms with Crippen molar-refractivity contribution in [2.45, 2.75) is 19.8 Å². The highest BCUT2D eigenvalue weighted by Crippen LogP contribution is 2.04. The molecule has 0 aromatic carbocycles. The summed E-state index contributed by atoms with van der Waals surface area (Å²) in [5.41, 5.74) is 0. The topological polar surface area (TPSA) is 83.5 Å². The molecule has 0 saturated heterocycles. The maximum absolute atomic E-state index is 11.2. The first-order chi connectivity index (χ1) is 6.87. The Labute approximate surface area is 90.2 Å². The minimum absolute atomic E-state index is 0.0145. The molecule has 0 aromatic rings. The van der Waals surface area contributed by atoms with E-state index in [-0.39, 0.29) is 24.6 Å². The van der Waals surface area contributed by atoms with Gasteiger partial charge in [-0.3, -0.25) is 4.79 Å². The number of rotatable bonds is 8. The number of hydrogen-bond acceptors (Lipinski definition) is 3. The number of hydrogen-bond donors (Lipinski definition) is 2. The van der Waals surface area contributed by atoms with Gasteiger partial charge in [0.25, 0.3) is 0 Å². The molecule has 1 atom stereocenters. The monoisotopic (exact) mass is 235 g/mol. The Balaban J connectivity index is 3.84. The van der Waals surface area contributed by atoms with Gasteiger partial charge in [0.15, 0.2) is 0 Å². The molecular formula is C9H17NO4S. The highest BCUT2D eigenvalue weighted by Gasteiger charge is 2.10. The SMILES string of the molecule is C=CCS(=O)(=O)NCC(C)CCC(=O)O. The second-order valence-corrected chi connectivity index (χ2v) is 5.31. The molecule has 15 heavy (non-hydrogen) atoms. The third kappa shape index (κ3) is 8.14. The lowest BCUT2D eigenvalue weighted by atomic mass is 10.1. The van der Waals surface area contributed by atoms with Crippen LogP contribution in [0.25, 0.3) is 0 Å². The van der Waals surface area contributed by atoms with Crippen molar-refractivity contribution < 1.29 is 18.3 Å². The number of carboxylic acid groups (broad SMARTS) is 1. The largest absolute Gasteiger partial charge is 0.481 e. The molecular weight excluding hydrogens is 218 g/mol. The maximum Gasteiger partial charge on any atom is 0.303 e. The van der Waals surface area contributed by atoms with Crippen LogP contribution in [0.15, 0.2) is 12.7 Å². The smallest absolute Gasteiger partial charge is 0.303 e. The van der Waals surface area contributed by atoms with Crippen molar-refractivity contribution >= 4 is 16.0 Å². The maximum atomic E-state index is 11.2. The van der Waals surface area contributed by atoms with Crippen molar-refractivity contribution in [2.75, 3.05) is 12.3 Å². The predicted molar refractivity (Wildman–Crippen MR) is 58.0 cm³/mol. The highest BCUT2D eigenvalue weighted by atomic mass is 32.2. The number of carboxylic acids is 1. The van der Waals surface area contributed by atoms with E-state index in [0.717, 1.165) is 0 Å². The van der Waals surface area contributed by atoms with E-state index in [1.54, 1.807) is 6.92 Å². The van der Waals surface area contributed by atoms with E-state index in [1.165, 1.54) is 6.08 Å². The van der Waals surface area contributed by atoms with Crippen molar-refractivity contribution in [3.63, 3.8) is 0 Å². The summed E-state index contributed by atoms with van der Waals surface area (Å²) in [6.45, 7) is 5.41. The Morgan fingerprint density at radius 1 is 1.60 bits per heavy atom. The normalized spacial score (nSPS) is 13.4. The fourth-order valence-corrected chi connectivity index (χ4v) is 1.92. The van der Waals surface area contributed by atoms with E-state index >= 15 is 0 Å². The quantitative estimate of drug-likeness (QED) is 0.603. The molecule has 0 fully saturated rings. The number of sulfonamides is 1. The minimum Gasteiger partial charge on any atom is -0.481 e. The molecule has 0 aliphatic heterocycles. The highest BCUT2D eigenvalue weighted by molar-refractivity contribution is 7.89. The van der Waals surface area contributed by atoms with Gasteiger partial charge in [0, 0.05) is 13.0 Å². The molecule has 0 rings (SSSR count). The molecule has 88 valence electrons. The first-order valence-corrected chi connectivity index (χ1v) is 6.32. The molecule has 0 heterocycles. The van der Waals surface area contributed by atoms with Gasteiger partial charge < -0.3 is 5.11 Å². The minimum atomic E-state index is -3.28. The molecule has 0 amide bonds. The van der Waals surface area contributed by atoms with Gasteiger partial charge >= 0.3 is 5.97 Å². The van der Waals surface area contributed by atoms with E-state index in [1.807, 2.05) is 0 Å². The molecule has 0 bridgehead atoms. The van der Waals surface area contributed by atoms with Crippen molar-refractivity contribution in [3.05, 3.63) is 12.7 Å². The van der Waals surface area contributed by atoms with Crippen LogP contribution in [0.4, 0.5) is 0 Å². The molecule has 0 saturated carbocycles. The van der Waals surface area contributed by atoms with Crippen molar-refractivity contribution in [1.29, 1.82) is 0 Å². The molecule has 0 aliphatic rings. The van der Waals surface area contributed by atoms with Crippen LogP contribution in [-0.4, -0.2) is 31.8 Å². The average molecular weight is 235 g/mol. The van der Waals surface area contributed by atoms with Crippen LogP contribution in [-0.2, 0) is 14.8 Å². The summed E-state index contributed by atoms with van der Waals surface area (Å²) in [5, 5.41) is 8.42. The fraction of sp³-hybridized carbons (Fsp3) is 0.667. The van der Waals surface area contributed by atoms with Gasteiger partial charge in [-0.15, -0.1) is 6.58 Å². The van der Waals surface area contributed by atoms with E-state index in [0.29, 0.717) is 6.42 Å². The third-order valence-corrected chi connectivity index (χ3v) is 3.12. The molecule has 1 unspecified atom stereocenters. The van der Waals surface area contributed by atoms with Crippen LogP contribution < -0.4 is 4.72 Å². The molecule has 6 heteroatoms. The summed E-state index contributed by atoms with van der Waals surface area (Å²) in [6, 6.07) is 0. The Hall–Kier alpha value is -0.880. The van der Waals surface area contributed by atoms with Gasteiger partial charge in [-0.05, 0) is 12.3 Å². The van der Waals surface area contributed by atoms with Crippen LogP contribution in [0.2, 0.25) is 0 Å². The first-order valence-electron chi connectivity index (χ1n) is 4.67. The second-order valence-electron chi connectivity index (χ2n) is 3.46. The summed E-state index contributed by atoms with van der Waals surface area (Å²) in [6.07, 6.45) is 1.83. The Morgan fingerprint density at radius 2 is 2.20 bits per heavy atom. The third-order valence-electron chi connectivity index (χ3n) is 1.84. The van der Waals surface area contributed by atoms with E-state index in [9.17, 15) is 13.2 Å². The molecule has 2 N–H and O–H groups in total. The van der Waals surface area contributed by atoms with Crippen LogP contribution in [0.1, 0.15) is 19.8 Å². The second kappa shape index (κ2) is 6.58. The zero-order chi connectivity index (χ0) is 11.9. The van der Waals surface area contributed by atoms with Gasteiger partial charge in [0.2, 0.25) is 10.0 Å². The van der Waals surface area contributed by atoms with Gasteiger partial charge in [0.05, 0.1) is 5.75 Å². The standard InChI is InChI=1S/C9H17NO4S/c1-3-6-15(13,14)10-7-8(2)4-5-9(11)12/h3,8,10H,1,4-7H2,2H3,(H,11,12). The number of aliphatic carboxylic acids is 1. The zero-order valence-corrected chi connectivity index (χ0v) is 9.59. The fourth-order valence-electron chi connectivity index (χ4n) is 0.955. The Kier molecular flexibility index (Phi) is 6.19. The van der Waals surface area contributed by atoms with Crippen LogP contribution in [0.3, 0.4) is 0 Å². The molecule has 0 spiro atoms. The lowest BCUT2D eigenvalue weighted by molar-refractivity contribution is -0.137. The van der Waals surface area contributed by atoms with Crippen LogP contribution in [0, 0.1) is 5.92 Å². The molecule has 5 nitrogen and oxygen atoms in total. The lowest BCUT2D eigenvalue weighted by Gasteiger charge is -2.10. The van der Waals surface area contributed by atoms with Crippen molar-refractivity contribution in [1.82, 2.24) is 4.72 Å². The summed E-state index contributed by atoms with van der Waals surface area (Å²) >= 11 is 0. The first kappa shape index (κ1) is 14.1. The summed E-state index contributed by atoms with van der Waals surface area (Å²) < 4.78 is 24.7. The number of carbonyl (C=O) groups is 1. The molecule has 0 aliphatic carbocycles. The van der Waals surface area contributed by atoms with E-state index in [2.05, 4.69) is 11.3 Å². The van der Waals surface area contributed by atoms with E-state index in [4.69, 9.17) is 5.11 Å². The molecule has 0 radical (unpaired) electrons. The Bertz CT molecular complexity index is 310.